The number of carbonyl (C=O) groups excluding carboxylic acids is 1. The molecule has 1 saturated heterocycles. The molecule has 1 amide bonds. The first-order valence-corrected chi connectivity index (χ1v) is 9.63. The number of hydrogen-bond donors (Lipinski definition) is 2. The first-order chi connectivity index (χ1) is 12.5. The first kappa shape index (κ1) is 19.0. The molecule has 1 saturated carbocycles. The lowest BCUT2D eigenvalue weighted by molar-refractivity contribution is 0.0614. The maximum Gasteiger partial charge on any atom is 0.288 e. The summed E-state index contributed by atoms with van der Waals surface area (Å²) in [6.07, 6.45) is 6.18. The van der Waals surface area contributed by atoms with Crippen molar-refractivity contribution in [2.75, 3.05) is 32.1 Å². The monoisotopic (exact) mass is 361 g/mol. The van der Waals surface area contributed by atoms with Crippen molar-refractivity contribution >= 4 is 11.7 Å². The molecule has 2 fully saturated rings. The van der Waals surface area contributed by atoms with Gasteiger partial charge in [-0.2, -0.15) is 0 Å². The van der Waals surface area contributed by atoms with Gasteiger partial charge in [-0.25, -0.2) is 9.97 Å². The Labute approximate surface area is 155 Å². The van der Waals surface area contributed by atoms with Gasteiger partial charge in [-0.05, 0) is 46.0 Å². The van der Waals surface area contributed by atoms with Gasteiger partial charge in [-0.3, -0.25) is 4.79 Å². The van der Waals surface area contributed by atoms with Crippen molar-refractivity contribution in [3.8, 4) is 0 Å². The average Bonchev–Trinajstić information content (AvgIpc) is 3.12. The van der Waals surface area contributed by atoms with Crippen LogP contribution in [0.25, 0.3) is 0 Å². The van der Waals surface area contributed by atoms with Crippen molar-refractivity contribution < 1.29 is 9.53 Å². The smallest absolute Gasteiger partial charge is 0.288 e. The Bertz CT molecular complexity index is 643. The van der Waals surface area contributed by atoms with Gasteiger partial charge in [0.15, 0.2) is 0 Å². The highest BCUT2D eigenvalue weighted by molar-refractivity contribution is 5.90. The van der Waals surface area contributed by atoms with Gasteiger partial charge in [0, 0.05) is 50.6 Å². The highest BCUT2D eigenvalue weighted by Crippen LogP contribution is 2.26. The van der Waals surface area contributed by atoms with E-state index in [4.69, 9.17) is 4.74 Å². The normalized spacial score (nSPS) is 26.2. The van der Waals surface area contributed by atoms with Crippen molar-refractivity contribution in [2.45, 2.75) is 64.1 Å². The fourth-order valence-corrected chi connectivity index (χ4v) is 4.02. The number of aryl methyl sites for hydroxylation is 1. The molecule has 1 aliphatic heterocycles. The highest BCUT2D eigenvalue weighted by Gasteiger charge is 2.29. The third-order valence-corrected chi connectivity index (χ3v) is 5.76. The SMILES string of the molecule is CNC(=O)c1nc(C)c(C)c(N2CC[C@@H](NC3CCC(OC)CC3)C2)n1. The van der Waals surface area contributed by atoms with Crippen LogP contribution < -0.4 is 15.5 Å². The standard InChI is InChI=1S/C19H31N5O2/c1-12-13(2)21-17(19(25)20-3)23-18(12)24-10-9-15(11-24)22-14-5-7-16(26-4)8-6-14/h14-16,22H,5-11H2,1-4H3,(H,20,25)/t14?,15-,16?/m1/s1. The van der Waals surface area contributed by atoms with E-state index in [0.29, 0.717) is 18.2 Å². The predicted octanol–water partition coefficient (Wildman–Crippen LogP) is 1.58. The number of methoxy groups -OCH3 is 1. The number of carbonyl (C=O) groups is 1. The molecule has 2 aliphatic rings. The van der Waals surface area contributed by atoms with Gasteiger partial charge in [0.25, 0.3) is 5.91 Å². The van der Waals surface area contributed by atoms with Crippen molar-refractivity contribution in [1.29, 1.82) is 0 Å². The van der Waals surface area contributed by atoms with Gasteiger partial charge in [-0.1, -0.05) is 0 Å². The molecule has 2 N–H and O–H groups in total. The van der Waals surface area contributed by atoms with Gasteiger partial charge in [0.2, 0.25) is 5.82 Å². The third-order valence-electron chi connectivity index (χ3n) is 5.76. The van der Waals surface area contributed by atoms with E-state index in [2.05, 4.69) is 25.5 Å². The van der Waals surface area contributed by atoms with E-state index in [0.717, 1.165) is 49.4 Å². The van der Waals surface area contributed by atoms with Crippen LogP contribution in [0.2, 0.25) is 0 Å². The lowest BCUT2D eigenvalue weighted by Crippen LogP contribution is -2.43. The van der Waals surface area contributed by atoms with E-state index in [1.54, 1.807) is 7.05 Å². The summed E-state index contributed by atoms with van der Waals surface area (Å²) in [7, 11) is 3.42. The van der Waals surface area contributed by atoms with Gasteiger partial charge in [-0.15, -0.1) is 0 Å². The maximum atomic E-state index is 11.9. The van der Waals surface area contributed by atoms with Crippen molar-refractivity contribution in [1.82, 2.24) is 20.6 Å². The Kier molecular flexibility index (Phi) is 6.09. The second-order valence-corrected chi connectivity index (χ2v) is 7.47. The van der Waals surface area contributed by atoms with Crippen molar-refractivity contribution in [3.05, 3.63) is 17.1 Å². The number of amides is 1. The number of nitrogens with one attached hydrogen (secondary N) is 2. The molecule has 1 aliphatic carbocycles. The summed E-state index contributed by atoms with van der Waals surface area (Å²) in [5.41, 5.74) is 1.92. The molecule has 0 bridgehead atoms. The Morgan fingerprint density at radius 3 is 2.50 bits per heavy atom. The van der Waals surface area contributed by atoms with E-state index < -0.39 is 0 Å². The zero-order valence-electron chi connectivity index (χ0n) is 16.3. The van der Waals surface area contributed by atoms with Gasteiger partial charge >= 0.3 is 0 Å². The van der Waals surface area contributed by atoms with E-state index in [1.807, 2.05) is 21.0 Å². The number of nitrogens with zero attached hydrogens (tertiary/aromatic N) is 3. The molecule has 0 radical (unpaired) electrons. The van der Waals surface area contributed by atoms with Crippen LogP contribution in [0.3, 0.4) is 0 Å². The first-order valence-electron chi connectivity index (χ1n) is 9.63. The predicted molar refractivity (Wildman–Crippen MR) is 102 cm³/mol. The van der Waals surface area contributed by atoms with E-state index >= 15 is 0 Å². The van der Waals surface area contributed by atoms with Crippen molar-refractivity contribution in [3.63, 3.8) is 0 Å². The molecule has 1 aromatic heterocycles. The molecular weight excluding hydrogens is 330 g/mol. The Morgan fingerprint density at radius 2 is 1.85 bits per heavy atom. The number of ether oxygens (including phenoxy) is 1. The molecule has 0 spiro atoms. The minimum atomic E-state index is -0.238. The Morgan fingerprint density at radius 1 is 1.12 bits per heavy atom. The van der Waals surface area contributed by atoms with Crippen molar-refractivity contribution in [2.24, 2.45) is 0 Å². The summed E-state index contributed by atoms with van der Waals surface area (Å²) in [4.78, 5) is 23.1. The molecule has 2 heterocycles. The van der Waals surface area contributed by atoms with E-state index in [1.165, 1.54) is 12.8 Å². The van der Waals surface area contributed by atoms with Crippen LogP contribution >= 0.6 is 0 Å². The van der Waals surface area contributed by atoms with E-state index in [9.17, 15) is 4.79 Å². The molecule has 0 aromatic carbocycles. The second-order valence-electron chi connectivity index (χ2n) is 7.47. The second kappa shape index (κ2) is 8.31. The van der Waals surface area contributed by atoms with E-state index in [-0.39, 0.29) is 11.7 Å². The average molecular weight is 361 g/mol. The van der Waals surface area contributed by atoms with Crippen LogP contribution in [0.5, 0.6) is 0 Å². The molecule has 7 heteroatoms. The number of rotatable bonds is 5. The molecule has 3 rings (SSSR count). The summed E-state index contributed by atoms with van der Waals surface area (Å²) in [6.45, 7) is 5.85. The van der Waals surface area contributed by atoms with Crippen LogP contribution in [-0.2, 0) is 4.74 Å². The molecule has 0 unspecified atom stereocenters. The third kappa shape index (κ3) is 4.15. The molecule has 144 valence electrons. The lowest BCUT2D eigenvalue weighted by atomic mass is 9.92. The highest BCUT2D eigenvalue weighted by atomic mass is 16.5. The quantitative estimate of drug-likeness (QED) is 0.829. The van der Waals surface area contributed by atoms with Gasteiger partial charge in [0.05, 0.1) is 6.10 Å². The molecule has 1 atom stereocenters. The van der Waals surface area contributed by atoms with Gasteiger partial charge in [0.1, 0.15) is 5.82 Å². The Balaban J connectivity index is 1.63. The zero-order chi connectivity index (χ0) is 18.7. The van der Waals surface area contributed by atoms with Crippen LogP contribution in [0, 0.1) is 13.8 Å². The largest absolute Gasteiger partial charge is 0.381 e. The number of aromatic nitrogens is 2. The maximum absolute atomic E-state index is 11.9. The van der Waals surface area contributed by atoms with Crippen LogP contribution in [0.4, 0.5) is 5.82 Å². The lowest BCUT2D eigenvalue weighted by Gasteiger charge is -2.30. The summed E-state index contributed by atoms with van der Waals surface area (Å²) < 4.78 is 5.47. The zero-order valence-corrected chi connectivity index (χ0v) is 16.3. The molecule has 26 heavy (non-hydrogen) atoms. The fourth-order valence-electron chi connectivity index (χ4n) is 4.02. The summed E-state index contributed by atoms with van der Waals surface area (Å²) >= 11 is 0. The fraction of sp³-hybridized carbons (Fsp3) is 0.737. The number of anilines is 1. The van der Waals surface area contributed by atoms with Crippen LogP contribution in [0.15, 0.2) is 0 Å². The topological polar surface area (TPSA) is 79.4 Å². The van der Waals surface area contributed by atoms with Gasteiger partial charge < -0.3 is 20.3 Å². The Hall–Kier alpha value is -1.73. The number of hydrogen-bond acceptors (Lipinski definition) is 6. The molecule has 1 aromatic rings. The van der Waals surface area contributed by atoms with Crippen LogP contribution in [0.1, 0.15) is 54.0 Å². The summed E-state index contributed by atoms with van der Waals surface area (Å²) in [6, 6.07) is 1.05. The molecule has 7 nitrogen and oxygen atoms in total. The summed E-state index contributed by atoms with van der Waals surface area (Å²) in [5, 5.41) is 6.44. The summed E-state index contributed by atoms with van der Waals surface area (Å²) in [5.74, 6) is 0.904. The minimum absolute atomic E-state index is 0.238. The molecular formula is C19H31N5O2. The van der Waals surface area contributed by atoms with Crippen LogP contribution in [-0.4, -0.2) is 61.3 Å². The minimum Gasteiger partial charge on any atom is -0.381 e.